The third kappa shape index (κ3) is 4.41. The molecule has 33 heavy (non-hydrogen) atoms. The van der Waals surface area contributed by atoms with E-state index in [1.807, 2.05) is 0 Å². The maximum atomic E-state index is 12.9. The van der Waals surface area contributed by atoms with Crippen LogP contribution in [0, 0.1) is 0 Å². The van der Waals surface area contributed by atoms with Crippen LogP contribution in [0.4, 0.5) is 0 Å². The van der Waals surface area contributed by atoms with Gasteiger partial charge in [-0.2, -0.15) is 9.50 Å². The van der Waals surface area contributed by atoms with Gasteiger partial charge in [-0.1, -0.05) is 11.3 Å². The van der Waals surface area contributed by atoms with Crippen LogP contribution < -0.4 is 29.0 Å². The molecular formula is C22H18BrN3O6S. The molecule has 170 valence electrons. The molecule has 9 nitrogen and oxygen atoms in total. The van der Waals surface area contributed by atoms with Crippen molar-refractivity contribution < 1.29 is 23.7 Å². The first-order valence-corrected chi connectivity index (χ1v) is 11.1. The molecule has 11 heteroatoms. The summed E-state index contributed by atoms with van der Waals surface area (Å²) >= 11 is 4.59. The van der Waals surface area contributed by atoms with Crippen molar-refractivity contribution in [3.63, 3.8) is 0 Å². The molecule has 4 aromatic rings. The summed E-state index contributed by atoms with van der Waals surface area (Å²) < 4.78 is 23.3. The molecule has 0 radical (unpaired) electrons. The molecule has 0 fully saturated rings. The summed E-state index contributed by atoms with van der Waals surface area (Å²) in [5, 5.41) is 4.37. The lowest BCUT2D eigenvalue weighted by Crippen LogP contribution is -2.23. The summed E-state index contributed by atoms with van der Waals surface area (Å²) in [6.45, 7) is 1.31. The Morgan fingerprint density at radius 2 is 1.79 bits per heavy atom. The zero-order valence-electron chi connectivity index (χ0n) is 18.0. The Morgan fingerprint density at radius 1 is 1.06 bits per heavy atom. The Bertz CT molecular complexity index is 1480. The Labute approximate surface area is 200 Å². The number of fused-ring (bicyclic) bond motifs is 1. The van der Waals surface area contributed by atoms with Gasteiger partial charge in [0.1, 0.15) is 0 Å². The van der Waals surface area contributed by atoms with E-state index < -0.39 is 5.97 Å². The summed E-state index contributed by atoms with van der Waals surface area (Å²) in [7, 11) is 4.57. The van der Waals surface area contributed by atoms with Gasteiger partial charge in [-0.05, 0) is 57.9 Å². The molecule has 0 amide bonds. The number of benzene rings is 2. The lowest BCUT2D eigenvalue weighted by Gasteiger charge is -2.10. The highest BCUT2D eigenvalue weighted by Gasteiger charge is 2.16. The molecule has 0 saturated carbocycles. The van der Waals surface area contributed by atoms with Gasteiger partial charge in [0.25, 0.3) is 5.56 Å². The van der Waals surface area contributed by atoms with Crippen molar-refractivity contribution in [1.82, 2.24) is 14.6 Å². The quantitative estimate of drug-likeness (QED) is 0.276. The summed E-state index contributed by atoms with van der Waals surface area (Å²) in [6.07, 6.45) is 1.70. The molecule has 0 atom stereocenters. The molecule has 0 spiro atoms. The minimum atomic E-state index is -0.469. The Hall–Kier alpha value is -3.44. The minimum absolute atomic E-state index is 0.270. The topological polar surface area (TPSA) is 101 Å². The third-order valence-corrected chi connectivity index (χ3v) is 6.17. The fourth-order valence-electron chi connectivity index (χ4n) is 3.15. The van der Waals surface area contributed by atoms with Crippen LogP contribution in [-0.4, -0.2) is 41.9 Å². The fourth-order valence-corrected chi connectivity index (χ4v) is 4.60. The largest absolute Gasteiger partial charge is 0.493 e. The van der Waals surface area contributed by atoms with Gasteiger partial charge in [-0.25, -0.2) is 0 Å². The highest BCUT2D eigenvalue weighted by Crippen LogP contribution is 2.37. The minimum Gasteiger partial charge on any atom is -0.493 e. The van der Waals surface area contributed by atoms with Crippen LogP contribution in [0.2, 0.25) is 0 Å². The van der Waals surface area contributed by atoms with Gasteiger partial charge in [0, 0.05) is 12.5 Å². The Morgan fingerprint density at radius 3 is 2.42 bits per heavy atom. The lowest BCUT2D eigenvalue weighted by atomic mass is 10.2. The van der Waals surface area contributed by atoms with Crippen LogP contribution in [0.1, 0.15) is 12.5 Å². The van der Waals surface area contributed by atoms with Crippen molar-refractivity contribution in [2.75, 3.05) is 21.3 Å². The van der Waals surface area contributed by atoms with Gasteiger partial charge in [0.2, 0.25) is 4.96 Å². The van der Waals surface area contributed by atoms with E-state index in [9.17, 15) is 9.59 Å². The molecule has 0 aliphatic heterocycles. The maximum absolute atomic E-state index is 12.9. The van der Waals surface area contributed by atoms with Crippen molar-refractivity contribution in [2.45, 2.75) is 6.92 Å². The number of carbonyl (C=O) groups excluding carboxylic acids is 1. The second kappa shape index (κ2) is 9.20. The number of hydrogen-bond acceptors (Lipinski definition) is 9. The molecule has 0 unspecified atom stereocenters. The average molecular weight is 532 g/mol. The number of carbonyl (C=O) groups is 1. The first-order valence-electron chi connectivity index (χ1n) is 9.54. The van der Waals surface area contributed by atoms with Gasteiger partial charge in [0.05, 0.1) is 30.3 Å². The first-order chi connectivity index (χ1) is 15.8. The smallest absolute Gasteiger partial charge is 0.308 e. The Balaban J connectivity index is 1.75. The monoisotopic (exact) mass is 531 g/mol. The van der Waals surface area contributed by atoms with Gasteiger partial charge in [-0.15, -0.1) is 5.10 Å². The molecule has 2 aromatic carbocycles. The van der Waals surface area contributed by atoms with Crippen molar-refractivity contribution >= 4 is 44.3 Å². The molecule has 0 bridgehead atoms. The number of rotatable bonds is 6. The van der Waals surface area contributed by atoms with Crippen LogP contribution in [0.3, 0.4) is 0 Å². The second-order valence-electron chi connectivity index (χ2n) is 6.74. The first kappa shape index (κ1) is 22.7. The van der Waals surface area contributed by atoms with E-state index in [1.165, 1.54) is 29.9 Å². The lowest BCUT2D eigenvalue weighted by molar-refractivity contribution is -0.132. The van der Waals surface area contributed by atoms with Crippen LogP contribution in [-0.2, 0) is 4.79 Å². The van der Waals surface area contributed by atoms with E-state index in [2.05, 4.69) is 26.0 Å². The highest BCUT2D eigenvalue weighted by atomic mass is 79.9. The van der Waals surface area contributed by atoms with Crippen LogP contribution in [0.25, 0.3) is 22.4 Å². The molecule has 4 rings (SSSR count). The second-order valence-corrected chi connectivity index (χ2v) is 8.61. The molecule has 2 heterocycles. The van der Waals surface area contributed by atoms with E-state index >= 15 is 0 Å². The molecule has 0 aliphatic carbocycles. The number of halogens is 1. The maximum Gasteiger partial charge on any atom is 0.308 e. The number of esters is 1. The predicted molar refractivity (Wildman–Crippen MR) is 126 cm³/mol. The van der Waals surface area contributed by atoms with Gasteiger partial charge in [0.15, 0.2) is 28.8 Å². The number of thiazole rings is 1. The van der Waals surface area contributed by atoms with Crippen molar-refractivity contribution in [3.05, 3.63) is 55.3 Å². The van der Waals surface area contributed by atoms with E-state index in [-0.39, 0.29) is 11.3 Å². The normalized spacial score (nSPS) is 11.6. The van der Waals surface area contributed by atoms with E-state index in [0.717, 1.165) is 0 Å². The Kier molecular flexibility index (Phi) is 6.34. The number of methoxy groups -OCH3 is 3. The summed E-state index contributed by atoms with van der Waals surface area (Å²) in [5.74, 6) is 1.69. The zero-order chi connectivity index (χ0) is 23.7. The van der Waals surface area contributed by atoms with Crippen molar-refractivity contribution in [2.24, 2.45) is 0 Å². The van der Waals surface area contributed by atoms with E-state index in [4.69, 9.17) is 18.9 Å². The molecule has 0 aliphatic rings. The van der Waals surface area contributed by atoms with E-state index in [0.29, 0.717) is 48.2 Å². The summed E-state index contributed by atoms with van der Waals surface area (Å²) in [4.78, 5) is 29.2. The SMILES string of the molecule is COc1ccc(-c2nc3sc(=Cc4cc(Br)c(OC(C)=O)c(OC)c4)c(=O)n3n2)cc1OC. The molecular weight excluding hydrogens is 514 g/mol. The van der Waals surface area contributed by atoms with Crippen LogP contribution in [0.15, 0.2) is 39.6 Å². The number of ether oxygens (including phenoxy) is 4. The van der Waals surface area contributed by atoms with Crippen molar-refractivity contribution in [3.8, 4) is 34.4 Å². The van der Waals surface area contributed by atoms with Crippen LogP contribution in [0.5, 0.6) is 23.0 Å². The molecule has 0 N–H and O–H groups in total. The average Bonchev–Trinajstić information content (AvgIpc) is 3.34. The molecule has 0 saturated heterocycles. The fraction of sp³-hybridized carbons (Fsp3) is 0.182. The van der Waals surface area contributed by atoms with Crippen molar-refractivity contribution in [1.29, 1.82) is 0 Å². The number of hydrogen-bond donors (Lipinski definition) is 0. The number of aromatic nitrogens is 3. The molecule has 2 aromatic heterocycles. The van der Waals surface area contributed by atoms with Gasteiger partial charge in [-0.3, -0.25) is 9.59 Å². The van der Waals surface area contributed by atoms with Gasteiger partial charge >= 0.3 is 5.97 Å². The zero-order valence-corrected chi connectivity index (χ0v) is 20.4. The standard InChI is InChI=1S/C22H18BrN3O6S/c1-11(27)32-19-14(23)7-12(8-17(19)31-4)9-18-21(28)26-22(33-18)24-20(25-26)13-5-6-15(29-2)16(10-13)30-3/h5-10H,1-4H3. The van der Waals surface area contributed by atoms with E-state index in [1.54, 1.807) is 50.6 Å². The summed E-state index contributed by atoms with van der Waals surface area (Å²) in [6, 6.07) is 8.71. The predicted octanol–water partition coefficient (Wildman–Crippen LogP) is 3.08. The highest BCUT2D eigenvalue weighted by molar-refractivity contribution is 9.10. The number of nitrogens with zero attached hydrogens (tertiary/aromatic N) is 3. The van der Waals surface area contributed by atoms with Gasteiger partial charge < -0.3 is 18.9 Å². The van der Waals surface area contributed by atoms with Crippen LogP contribution >= 0.6 is 27.3 Å². The third-order valence-electron chi connectivity index (χ3n) is 4.62. The summed E-state index contributed by atoms with van der Waals surface area (Å²) in [5.41, 5.74) is 1.08.